The molecular weight excluding hydrogens is 350 g/mol. The van der Waals surface area contributed by atoms with Gasteiger partial charge in [-0.2, -0.15) is 0 Å². The SMILES string of the molecule is O=C1CN2C(=O)CN(C(=O)/C=C/c3ccno3)C2CN1CC1CCNCC1. The van der Waals surface area contributed by atoms with Crippen LogP contribution in [0.15, 0.2) is 22.9 Å². The highest BCUT2D eigenvalue weighted by Gasteiger charge is 2.45. The Morgan fingerprint density at radius 1 is 1.26 bits per heavy atom. The zero-order valence-electron chi connectivity index (χ0n) is 15.0. The largest absolute Gasteiger partial charge is 0.357 e. The second kappa shape index (κ2) is 7.51. The molecular formula is C18H23N5O4. The third-order valence-corrected chi connectivity index (χ3v) is 5.46. The van der Waals surface area contributed by atoms with Crippen LogP contribution in [0, 0.1) is 5.92 Å². The highest BCUT2D eigenvalue weighted by Crippen LogP contribution is 2.24. The lowest BCUT2D eigenvalue weighted by atomic mass is 9.97. The number of aromatic nitrogens is 1. The first kappa shape index (κ1) is 17.7. The van der Waals surface area contributed by atoms with Gasteiger partial charge in [-0.3, -0.25) is 14.4 Å². The Kier molecular flexibility index (Phi) is 4.93. The number of carbonyl (C=O) groups is 3. The number of fused-ring (bicyclic) bond motifs is 1. The average Bonchev–Trinajstić information content (AvgIpc) is 3.30. The molecule has 0 radical (unpaired) electrons. The number of piperidine rings is 1. The Balaban J connectivity index is 1.44. The van der Waals surface area contributed by atoms with Gasteiger partial charge in [0.15, 0.2) is 5.76 Å². The summed E-state index contributed by atoms with van der Waals surface area (Å²) in [4.78, 5) is 42.3. The molecule has 3 aliphatic heterocycles. The Morgan fingerprint density at radius 2 is 2.07 bits per heavy atom. The minimum Gasteiger partial charge on any atom is -0.357 e. The molecule has 1 unspecified atom stereocenters. The number of hydrogen-bond acceptors (Lipinski definition) is 6. The first-order valence-electron chi connectivity index (χ1n) is 9.29. The number of nitrogens with one attached hydrogen (secondary N) is 1. The van der Waals surface area contributed by atoms with Crippen LogP contribution in [0.4, 0.5) is 0 Å². The first-order chi connectivity index (χ1) is 13.1. The summed E-state index contributed by atoms with van der Waals surface area (Å²) in [7, 11) is 0. The summed E-state index contributed by atoms with van der Waals surface area (Å²) in [5.41, 5.74) is 0. The Bertz CT molecular complexity index is 741. The number of nitrogens with zero attached hydrogens (tertiary/aromatic N) is 4. The van der Waals surface area contributed by atoms with Crippen LogP contribution >= 0.6 is 0 Å². The molecule has 0 aliphatic carbocycles. The molecule has 3 saturated heterocycles. The van der Waals surface area contributed by atoms with Gasteiger partial charge in [-0.05, 0) is 37.9 Å². The van der Waals surface area contributed by atoms with Crippen LogP contribution in [0.3, 0.4) is 0 Å². The van der Waals surface area contributed by atoms with Gasteiger partial charge in [-0.1, -0.05) is 5.16 Å². The van der Waals surface area contributed by atoms with Gasteiger partial charge in [0.25, 0.3) is 0 Å². The van der Waals surface area contributed by atoms with Crippen molar-refractivity contribution < 1.29 is 18.9 Å². The van der Waals surface area contributed by atoms with E-state index in [1.165, 1.54) is 28.1 Å². The number of piperazine rings is 1. The van der Waals surface area contributed by atoms with Crippen molar-refractivity contribution in [2.24, 2.45) is 5.92 Å². The molecule has 4 rings (SSSR count). The molecule has 1 aromatic rings. The predicted octanol–water partition coefficient (Wildman–Crippen LogP) is -0.473. The van der Waals surface area contributed by atoms with Gasteiger partial charge in [0, 0.05) is 18.7 Å². The lowest BCUT2D eigenvalue weighted by molar-refractivity contribution is -0.148. The minimum atomic E-state index is -0.399. The van der Waals surface area contributed by atoms with Gasteiger partial charge in [0.2, 0.25) is 17.7 Å². The standard InChI is InChI=1S/C18H23N5O4/c24-16(2-1-14-5-8-20-27-14)22-12-18(26)23-11-17(25)21(10-15(22)23)9-13-3-6-19-7-4-13/h1-2,5,8,13,15,19H,3-4,6-7,9-12H2/b2-1+. The van der Waals surface area contributed by atoms with E-state index >= 15 is 0 Å². The van der Waals surface area contributed by atoms with Gasteiger partial charge >= 0.3 is 0 Å². The van der Waals surface area contributed by atoms with Crippen molar-refractivity contribution >= 4 is 23.8 Å². The fraction of sp³-hybridized carbons (Fsp3) is 0.556. The van der Waals surface area contributed by atoms with E-state index in [1.807, 2.05) is 4.90 Å². The summed E-state index contributed by atoms with van der Waals surface area (Å²) in [6.07, 6.45) is 6.09. The van der Waals surface area contributed by atoms with Crippen molar-refractivity contribution in [1.29, 1.82) is 0 Å². The highest BCUT2D eigenvalue weighted by atomic mass is 16.5. The van der Waals surface area contributed by atoms with E-state index in [1.54, 1.807) is 6.07 Å². The van der Waals surface area contributed by atoms with Crippen molar-refractivity contribution in [1.82, 2.24) is 25.2 Å². The van der Waals surface area contributed by atoms with E-state index in [0.717, 1.165) is 25.9 Å². The lowest BCUT2D eigenvalue weighted by Crippen LogP contribution is -2.59. The van der Waals surface area contributed by atoms with Crippen LogP contribution in [0.1, 0.15) is 18.6 Å². The summed E-state index contributed by atoms with van der Waals surface area (Å²) in [6.45, 7) is 3.05. The summed E-state index contributed by atoms with van der Waals surface area (Å²) >= 11 is 0. The normalized spacial score (nSPS) is 24.1. The molecule has 1 N–H and O–H groups in total. The van der Waals surface area contributed by atoms with E-state index in [4.69, 9.17) is 4.52 Å². The molecule has 0 spiro atoms. The number of hydrogen-bond donors (Lipinski definition) is 1. The van der Waals surface area contributed by atoms with Crippen LogP contribution in [-0.2, 0) is 14.4 Å². The molecule has 3 amide bonds. The maximum Gasteiger partial charge on any atom is 0.248 e. The monoisotopic (exact) mass is 373 g/mol. The molecule has 1 aromatic heterocycles. The van der Waals surface area contributed by atoms with Gasteiger partial charge in [0.05, 0.1) is 12.7 Å². The average molecular weight is 373 g/mol. The molecule has 144 valence electrons. The van der Waals surface area contributed by atoms with Crippen molar-refractivity contribution in [3.63, 3.8) is 0 Å². The smallest absolute Gasteiger partial charge is 0.248 e. The topological polar surface area (TPSA) is 99.0 Å². The summed E-state index contributed by atoms with van der Waals surface area (Å²) in [5.74, 6) is 0.441. The Labute approximate surface area is 156 Å². The quantitative estimate of drug-likeness (QED) is 0.716. The van der Waals surface area contributed by atoms with Crippen LogP contribution in [0.2, 0.25) is 0 Å². The molecule has 9 nitrogen and oxygen atoms in total. The van der Waals surface area contributed by atoms with E-state index in [9.17, 15) is 14.4 Å². The molecule has 3 fully saturated rings. The van der Waals surface area contributed by atoms with Gasteiger partial charge in [0.1, 0.15) is 19.3 Å². The Hall–Kier alpha value is -2.68. The third-order valence-electron chi connectivity index (χ3n) is 5.46. The second-order valence-electron chi connectivity index (χ2n) is 7.21. The fourth-order valence-electron chi connectivity index (χ4n) is 3.95. The zero-order valence-corrected chi connectivity index (χ0v) is 15.0. The van der Waals surface area contributed by atoms with E-state index < -0.39 is 6.17 Å². The molecule has 1 atom stereocenters. The van der Waals surface area contributed by atoms with Crippen LogP contribution in [-0.4, -0.2) is 83.0 Å². The highest BCUT2D eigenvalue weighted by molar-refractivity contribution is 5.98. The molecule has 4 heterocycles. The maximum absolute atomic E-state index is 12.6. The van der Waals surface area contributed by atoms with Crippen molar-refractivity contribution in [2.45, 2.75) is 19.0 Å². The second-order valence-corrected chi connectivity index (χ2v) is 7.21. The summed E-state index contributed by atoms with van der Waals surface area (Å²) in [5, 5.41) is 6.91. The molecule has 0 saturated carbocycles. The zero-order chi connectivity index (χ0) is 18.8. The Morgan fingerprint density at radius 3 is 2.81 bits per heavy atom. The first-order valence-corrected chi connectivity index (χ1v) is 9.29. The summed E-state index contributed by atoms with van der Waals surface area (Å²) < 4.78 is 4.95. The van der Waals surface area contributed by atoms with Crippen LogP contribution in [0.25, 0.3) is 6.08 Å². The molecule has 27 heavy (non-hydrogen) atoms. The third kappa shape index (κ3) is 3.73. The van der Waals surface area contributed by atoms with E-state index in [-0.39, 0.29) is 30.8 Å². The predicted molar refractivity (Wildman–Crippen MR) is 94.9 cm³/mol. The van der Waals surface area contributed by atoms with E-state index in [0.29, 0.717) is 24.8 Å². The van der Waals surface area contributed by atoms with Crippen molar-refractivity contribution in [3.8, 4) is 0 Å². The molecule has 0 bridgehead atoms. The van der Waals surface area contributed by atoms with Gasteiger partial charge in [-0.15, -0.1) is 0 Å². The molecule has 9 heteroatoms. The number of carbonyl (C=O) groups excluding carboxylic acids is 3. The maximum atomic E-state index is 12.6. The van der Waals surface area contributed by atoms with Gasteiger partial charge in [-0.25, -0.2) is 0 Å². The fourth-order valence-corrected chi connectivity index (χ4v) is 3.95. The van der Waals surface area contributed by atoms with Gasteiger partial charge < -0.3 is 24.5 Å². The van der Waals surface area contributed by atoms with Crippen LogP contribution < -0.4 is 5.32 Å². The summed E-state index contributed by atoms with van der Waals surface area (Å²) in [6, 6.07) is 1.64. The lowest BCUT2D eigenvalue weighted by Gasteiger charge is -2.41. The molecule has 3 aliphatic rings. The number of amides is 3. The van der Waals surface area contributed by atoms with E-state index in [2.05, 4.69) is 10.5 Å². The number of rotatable bonds is 4. The molecule has 0 aromatic carbocycles. The minimum absolute atomic E-state index is 0.00128. The van der Waals surface area contributed by atoms with Crippen molar-refractivity contribution in [2.75, 3.05) is 39.3 Å². The van der Waals surface area contributed by atoms with Crippen molar-refractivity contribution in [3.05, 3.63) is 24.1 Å². The van der Waals surface area contributed by atoms with Crippen LogP contribution in [0.5, 0.6) is 0 Å².